The van der Waals surface area contributed by atoms with Crippen LogP contribution in [-0.2, 0) is 25.8 Å². The zero-order valence-electron chi connectivity index (χ0n) is 27.5. The normalized spacial score (nSPS) is 18.6. The third-order valence-corrected chi connectivity index (χ3v) is 11.7. The second-order valence-corrected chi connectivity index (χ2v) is 15.8. The monoisotopic (exact) mass is 672 g/mol. The number of fused-ring (bicyclic) bond motifs is 1. The Labute approximate surface area is 284 Å². The first-order chi connectivity index (χ1) is 23.1. The van der Waals surface area contributed by atoms with Crippen molar-refractivity contribution in [3.63, 3.8) is 0 Å². The predicted octanol–water partition coefficient (Wildman–Crippen LogP) is 4.96. The fraction of sp³-hybridized carbons (Fsp3) is 0.487. The Morgan fingerprint density at radius 2 is 1.48 bits per heavy atom. The molecule has 0 unspecified atom stereocenters. The van der Waals surface area contributed by atoms with Crippen molar-refractivity contribution in [3.8, 4) is 12.3 Å². The van der Waals surface area contributed by atoms with E-state index < -0.39 is 57.6 Å². The van der Waals surface area contributed by atoms with Gasteiger partial charge in [-0.2, -0.15) is 0 Å². The van der Waals surface area contributed by atoms with Gasteiger partial charge in [-0.3, -0.25) is 9.59 Å². The van der Waals surface area contributed by atoms with Gasteiger partial charge in [0, 0.05) is 6.42 Å². The summed E-state index contributed by atoms with van der Waals surface area (Å²) in [5, 5.41) is 29.3. The summed E-state index contributed by atoms with van der Waals surface area (Å²) in [4.78, 5) is 28.1. The summed E-state index contributed by atoms with van der Waals surface area (Å²) in [5.41, 5.74) is 0.813. The van der Waals surface area contributed by atoms with E-state index in [1.54, 1.807) is 18.2 Å². The third-order valence-electron chi connectivity index (χ3n) is 9.87. The van der Waals surface area contributed by atoms with Gasteiger partial charge in [-0.05, 0) is 59.6 Å². The molecule has 2 amide bonds. The minimum absolute atomic E-state index is 0.0483. The van der Waals surface area contributed by atoms with Crippen LogP contribution in [0, 0.1) is 30.1 Å². The number of hydrogen-bond acceptors (Lipinski definition) is 6. The van der Waals surface area contributed by atoms with E-state index in [2.05, 4.69) is 16.6 Å². The molecule has 2 saturated carbocycles. The van der Waals surface area contributed by atoms with E-state index in [4.69, 9.17) is 6.42 Å². The molecular formula is C39H48N2O6S. The number of carbonyl (C=O) groups is 2. The lowest BCUT2D eigenvalue weighted by atomic mass is 9.82. The molecule has 2 aliphatic carbocycles. The molecule has 0 radical (unpaired) electrons. The third kappa shape index (κ3) is 9.91. The van der Waals surface area contributed by atoms with Crippen molar-refractivity contribution in [3.05, 3.63) is 78.4 Å². The highest BCUT2D eigenvalue weighted by Crippen LogP contribution is 2.34. The van der Waals surface area contributed by atoms with Crippen LogP contribution >= 0.6 is 0 Å². The van der Waals surface area contributed by atoms with E-state index in [0.717, 1.165) is 61.3 Å². The second kappa shape index (κ2) is 16.6. The topological polar surface area (TPSA) is 133 Å². The Hall–Kier alpha value is -3.71. The van der Waals surface area contributed by atoms with Gasteiger partial charge in [0.25, 0.3) is 0 Å². The van der Waals surface area contributed by atoms with Crippen molar-refractivity contribution < 1.29 is 28.2 Å². The van der Waals surface area contributed by atoms with Crippen molar-refractivity contribution >= 4 is 32.4 Å². The zero-order chi connectivity index (χ0) is 34.1. The number of rotatable bonds is 16. The smallest absolute Gasteiger partial charge is 0.242 e. The van der Waals surface area contributed by atoms with E-state index in [1.165, 1.54) is 0 Å². The molecule has 48 heavy (non-hydrogen) atoms. The largest absolute Gasteiger partial charge is 0.389 e. The molecule has 0 heterocycles. The van der Waals surface area contributed by atoms with Gasteiger partial charge < -0.3 is 20.8 Å². The van der Waals surface area contributed by atoms with Gasteiger partial charge in [-0.1, -0.05) is 106 Å². The van der Waals surface area contributed by atoms with Crippen LogP contribution in [0.1, 0.15) is 69.8 Å². The fourth-order valence-corrected chi connectivity index (χ4v) is 8.49. The number of aliphatic hydroxyl groups excluding tert-OH is 2. The first kappa shape index (κ1) is 35.6. The summed E-state index contributed by atoms with van der Waals surface area (Å²) < 4.78 is 27.6. The molecule has 0 saturated heterocycles. The molecule has 9 heteroatoms. The van der Waals surface area contributed by atoms with E-state index in [-0.39, 0.29) is 23.7 Å². The summed E-state index contributed by atoms with van der Waals surface area (Å²) in [6.07, 6.45) is 11.2. The maximum atomic E-state index is 14.0. The van der Waals surface area contributed by atoms with Crippen LogP contribution in [0.15, 0.2) is 77.7 Å². The SMILES string of the molecule is C#CC[C@H](O)[C@H](O)[C@H](CC1CCCCC1)NC(=O)[C@H](CC1CC1)NC(=O)[C@H](Cc1ccccc1)CS(=O)(=O)c1ccc2ccccc2c1. The number of benzene rings is 3. The molecule has 5 atom stereocenters. The quantitative estimate of drug-likeness (QED) is 0.159. The maximum absolute atomic E-state index is 14.0. The predicted molar refractivity (Wildman–Crippen MR) is 187 cm³/mol. The van der Waals surface area contributed by atoms with E-state index >= 15 is 0 Å². The Bertz CT molecular complexity index is 1680. The van der Waals surface area contributed by atoms with Gasteiger partial charge in [0.15, 0.2) is 9.84 Å². The van der Waals surface area contributed by atoms with Crippen LogP contribution < -0.4 is 10.6 Å². The molecule has 5 rings (SSSR count). The summed E-state index contributed by atoms with van der Waals surface area (Å²) in [5.74, 6) is 0.606. The molecule has 0 bridgehead atoms. The summed E-state index contributed by atoms with van der Waals surface area (Å²) >= 11 is 0. The Morgan fingerprint density at radius 1 is 0.812 bits per heavy atom. The Kier molecular flexibility index (Phi) is 12.3. The van der Waals surface area contributed by atoms with Gasteiger partial charge in [0.2, 0.25) is 11.8 Å². The van der Waals surface area contributed by atoms with Gasteiger partial charge in [-0.15, -0.1) is 12.3 Å². The first-order valence-corrected chi connectivity index (χ1v) is 18.9. The molecule has 4 N–H and O–H groups in total. The molecule has 0 aliphatic heterocycles. The number of aliphatic hydroxyl groups is 2. The number of sulfone groups is 1. The van der Waals surface area contributed by atoms with E-state index in [1.807, 2.05) is 54.6 Å². The van der Waals surface area contributed by atoms with E-state index in [9.17, 15) is 28.2 Å². The maximum Gasteiger partial charge on any atom is 0.242 e. The fourth-order valence-electron chi connectivity index (χ4n) is 6.91. The zero-order valence-corrected chi connectivity index (χ0v) is 28.3. The number of nitrogens with one attached hydrogen (secondary N) is 2. The minimum atomic E-state index is -3.88. The number of amides is 2. The summed E-state index contributed by atoms with van der Waals surface area (Å²) in [6.45, 7) is 0. The number of carbonyl (C=O) groups excluding carboxylic acids is 2. The Balaban J connectivity index is 1.36. The van der Waals surface area contributed by atoms with Crippen molar-refractivity contribution in [2.24, 2.45) is 17.8 Å². The van der Waals surface area contributed by atoms with Crippen LogP contribution in [-0.4, -0.2) is 60.5 Å². The minimum Gasteiger partial charge on any atom is -0.389 e. The molecule has 3 aromatic rings. The van der Waals surface area contributed by atoms with Crippen LogP contribution in [0.3, 0.4) is 0 Å². The highest BCUT2D eigenvalue weighted by molar-refractivity contribution is 7.91. The molecule has 3 aromatic carbocycles. The number of hydrogen-bond donors (Lipinski definition) is 4. The van der Waals surface area contributed by atoms with Crippen LogP contribution in [0.5, 0.6) is 0 Å². The molecule has 2 aliphatic rings. The van der Waals surface area contributed by atoms with Crippen molar-refractivity contribution in [1.82, 2.24) is 10.6 Å². The average Bonchev–Trinajstić information content (AvgIpc) is 3.92. The van der Waals surface area contributed by atoms with Gasteiger partial charge >= 0.3 is 0 Å². The number of terminal acetylenes is 1. The van der Waals surface area contributed by atoms with Gasteiger partial charge in [0.05, 0.1) is 28.7 Å². The molecule has 256 valence electrons. The second-order valence-electron chi connectivity index (χ2n) is 13.7. The molecule has 8 nitrogen and oxygen atoms in total. The highest BCUT2D eigenvalue weighted by Gasteiger charge is 2.37. The average molecular weight is 673 g/mol. The molecule has 0 aromatic heterocycles. The van der Waals surface area contributed by atoms with Gasteiger partial charge in [0.1, 0.15) is 12.1 Å². The molecule has 2 fully saturated rings. The highest BCUT2D eigenvalue weighted by atomic mass is 32.2. The first-order valence-electron chi connectivity index (χ1n) is 17.3. The lowest BCUT2D eigenvalue weighted by molar-refractivity contribution is -0.132. The van der Waals surface area contributed by atoms with Crippen molar-refractivity contribution in [2.45, 2.75) is 99.8 Å². The molecular weight excluding hydrogens is 625 g/mol. The van der Waals surface area contributed by atoms with Crippen LogP contribution in [0.25, 0.3) is 10.8 Å². The van der Waals surface area contributed by atoms with E-state index in [0.29, 0.717) is 18.8 Å². The van der Waals surface area contributed by atoms with Crippen LogP contribution in [0.2, 0.25) is 0 Å². The lowest BCUT2D eigenvalue weighted by Crippen LogP contribution is -2.56. The van der Waals surface area contributed by atoms with Gasteiger partial charge in [-0.25, -0.2) is 8.42 Å². The van der Waals surface area contributed by atoms with Crippen molar-refractivity contribution in [2.75, 3.05) is 5.75 Å². The standard InChI is InChI=1S/C39H48N2O6S/c1-2-11-36(42)37(43)34(23-28-14-7-4-8-15-28)40-39(45)35(24-29-18-19-29)41-38(44)32(22-27-12-5-3-6-13-27)26-48(46,47)33-21-20-30-16-9-10-17-31(30)25-33/h1,3,5-6,9-10,12-13,16-17,20-21,25,28-29,32,34-37,42-43H,4,7-8,11,14-15,18-19,22-24,26H2,(H,40,45)(H,41,44)/t32-,34+,35+,36+,37-/m1/s1. The molecule has 0 spiro atoms. The summed E-state index contributed by atoms with van der Waals surface area (Å²) in [6, 6.07) is 20.1. The van der Waals surface area contributed by atoms with Crippen LogP contribution in [0.4, 0.5) is 0 Å². The lowest BCUT2D eigenvalue weighted by Gasteiger charge is -2.33. The van der Waals surface area contributed by atoms with Crippen molar-refractivity contribution in [1.29, 1.82) is 0 Å². The summed E-state index contributed by atoms with van der Waals surface area (Å²) in [7, 11) is -3.88. The Morgan fingerprint density at radius 3 is 2.17 bits per heavy atom.